The Bertz CT molecular complexity index is 529. The molecule has 88 valence electrons. The molecule has 17 heavy (non-hydrogen) atoms. The van der Waals surface area contributed by atoms with Gasteiger partial charge >= 0.3 is 0 Å². The summed E-state index contributed by atoms with van der Waals surface area (Å²) in [6, 6.07) is 7.46. The zero-order chi connectivity index (χ0) is 12.3. The molecular weight excluding hydrogens is 236 g/mol. The Hall–Kier alpha value is -1.58. The summed E-state index contributed by atoms with van der Waals surface area (Å²) in [7, 11) is 0. The molecule has 2 aromatic rings. The van der Waals surface area contributed by atoms with Crippen molar-refractivity contribution in [3.05, 3.63) is 52.8 Å². The van der Waals surface area contributed by atoms with E-state index in [9.17, 15) is 0 Å². The molecule has 0 saturated heterocycles. The van der Waals surface area contributed by atoms with Crippen LogP contribution in [0.4, 0.5) is 0 Å². The molecule has 0 aliphatic heterocycles. The minimum Gasteiger partial charge on any atom is -0.454 e. The Morgan fingerprint density at radius 1 is 1.29 bits per heavy atom. The van der Waals surface area contributed by atoms with Gasteiger partial charge in [-0.3, -0.25) is 4.98 Å². The van der Waals surface area contributed by atoms with E-state index < -0.39 is 0 Å². The van der Waals surface area contributed by atoms with Gasteiger partial charge < -0.3 is 10.5 Å². The van der Waals surface area contributed by atoms with E-state index in [0.717, 1.165) is 11.1 Å². The summed E-state index contributed by atoms with van der Waals surface area (Å²) < 4.78 is 5.74. The molecule has 0 aliphatic carbocycles. The third-order valence-corrected chi connectivity index (χ3v) is 2.71. The fourth-order valence-corrected chi connectivity index (χ4v) is 1.63. The number of pyridine rings is 1. The van der Waals surface area contributed by atoms with Crippen LogP contribution in [0.1, 0.15) is 11.1 Å². The van der Waals surface area contributed by atoms with E-state index in [1.165, 1.54) is 0 Å². The molecule has 0 bridgehead atoms. The predicted molar refractivity (Wildman–Crippen MR) is 68.4 cm³/mol. The molecule has 0 atom stereocenters. The molecule has 2 N–H and O–H groups in total. The molecule has 3 nitrogen and oxygen atoms in total. The summed E-state index contributed by atoms with van der Waals surface area (Å²) in [5.41, 5.74) is 7.62. The van der Waals surface area contributed by atoms with Crippen LogP contribution in [0.5, 0.6) is 11.5 Å². The van der Waals surface area contributed by atoms with Gasteiger partial charge in [-0.1, -0.05) is 17.7 Å². The molecule has 1 heterocycles. The van der Waals surface area contributed by atoms with E-state index >= 15 is 0 Å². The standard InChI is InChI=1S/C13H13ClN2O/c1-9-2-3-11(14)12(6-9)17-13-8-16-5-4-10(13)7-15/h2-6,8H,7,15H2,1H3. The highest BCUT2D eigenvalue weighted by Crippen LogP contribution is 2.31. The fourth-order valence-electron chi connectivity index (χ4n) is 1.48. The molecule has 0 spiro atoms. The van der Waals surface area contributed by atoms with Gasteiger partial charge in [0.15, 0.2) is 0 Å². The first-order chi connectivity index (χ1) is 8.20. The van der Waals surface area contributed by atoms with Crippen molar-refractivity contribution >= 4 is 11.6 Å². The molecule has 0 fully saturated rings. The highest BCUT2D eigenvalue weighted by Gasteiger charge is 2.07. The lowest BCUT2D eigenvalue weighted by Crippen LogP contribution is -2.00. The molecule has 0 saturated carbocycles. The molecule has 1 aromatic carbocycles. The lowest BCUT2D eigenvalue weighted by molar-refractivity contribution is 0.474. The maximum atomic E-state index is 6.06. The Labute approximate surface area is 105 Å². The van der Waals surface area contributed by atoms with Crippen molar-refractivity contribution in [1.29, 1.82) is 0 Å². The van der Waals surface area contributed by atoms with Crippen LogP contribution in [-0.2, 0) is 6.54 Å². The van der Waals surface area contributed by atoms with Gasteiger partial charge in [-0.2, -0.15) is 0 Å². The summed E-state index contributed by atoms with van der Waals surface area (Å²) in [5.74, 6) is 1.26. The van der Waals surface area contributed by atoms with Crippen molar-refractivity contribution in [3.63, 3.8) is 0 Å². The number of halogens is 1. The van der Waals surface area contributed by atoms with Crippen LogP contribution in [-0.4, -0.2) is 4.98 Å². The number of hydrogen-bond acceptors (Lipinski definition) is 3. The summed E-state index contributed by atoms with van der Waals surface area (Å²) in [6.45, 7) is 2.39. The summed E-state index contributed by atoms with van der Waals surface area (Å²) in [4.78, 5) is 4.02. The maximum absolute atomic E-state index is 6.06. The SMILES string of the molecule is Cc1ccc(Cl)c(Oc2cnccc2CN)c1. The van der Waals surface area contributed by atoms with Crippen LogP contribution >= 0.6 is 11.6 Å². The number of aromatic nitrogens is 1. The third kappa shape index (κ3) is 2.75. The second-order valence-electron chi connectivity index (χ2n) is 3.72. The van der Waals surface area contributed by atoms with Gasteiger partial charge in [-0.05, 0) is 30.7 Å². The predicted octanol–water partition coefficient (Wildman–Crippen LogP) is 3.29. The van der Waals surface area contributed by atoms with Crippen LogP contribution in [0.3, 0.4) is 0 Å². The highest BCUT2D eigenvalue weighted by atomic mass is 35.5. The first kappa shape index (κ1) is 11.9. The molecule has 0 amide bonds. The van der Waals surface area contributed by atoms with Crippen molar-refractivity contribution in [1.82, 2.24) is 4.98 Å². The van der Waals surface area contributed by atoms with Gasteiger partial charge in [-0.25, -0.2) is 0 Å². The minimum absolute atomic E-state index is 0.404. The van der Waals surface area contributed by atoms with Crippen LogP contribution in [0.2, 0.25) is 5.02 Å². The van der Waals surface area contributed by atoms with Crippen molar-refractivity contribution < 1.29 is 4.74 Å². The molecule has 0 aliphatic rings. The first-order valence-corrected chi connectivity index (χ1v) is 5.65. The normalized spacial score (nSPS) is 10.3. The number of nitrogens with zero attached hydrogens (tertiary/aromatic N) is 1. The average molecular weight is 249 g/mol. The van der Waals surface area contributed by atoms with Crippen LogP contribution in [0.15, 0.2) is 36.7 Å². The third-order valence-electron chi connectivity index (χ3n) is 2.40. The number of benzene rings is 1. The van der Waals surface area contributed by atoms with Crippen LogP contribution in [0.25, 0.3) is 0 Å². The van der Waals surface area contributed by atoms with Gasteiger partial charge in [0, 0.05) is 18.3 Å². The highest BCUT2D eigenvalue weighted by molar-refractivity contribution is 6.32. The van der Waals surface area contributed by atoms with Crippen molar-refractivity contribution in [2.45, 2.75) is 13.5 Å². The summed E-state index contributed by atoms with van der Waals surface area (Å²) in [5, 5.41) is 0.572. The van der Waals surface area contributed by atoms with E-state index in [4.69, 9.17) is 22.1 Å². The lowest BCUT2D eigenvalue weighted by atomic mass is 10.2. The molecule has 2 rings (SSSR count). The number of nitrogens with two attached hydrogens (primary N) is 1. The van der Waals surface area contributed by atoms with Crippen molar-refractivity contribution in [3.8, 4) is 11.5 Å². The zero-order valence-electron chi connectivity index (χ0n) is 9.48. The molecular formula is C13H13ClN2O. The number of rotatable bonds is 3. The Morgan fingerprint density at radius 2 is 2.12 bits per heavy atom. The minimum atomic E-state index is 0.404. The van der Waals surface area contributed by atoms with Gasteiger partial charge in [0.25, 0.3) is 0 Å². The molecule has 4 heteroatoms. The Morgan fingerprint density at radius 3 is 2.88 bits per heavy atom. The lowest BCUT2D eigenvalue weighted by Gasteiger charge is -2.11. The second-order valence-corrected chi connectivity index (χ2v) is 4.13. The maximum Gasteiger partial charge on any atom is 0.150 e. The van der Waals surface area contributed by atoms with E-state index in [-0.39, 0.29) is 0 Å². The van der Waals surface area contributed by atoms with E-state index in [2.05, 4.69) is 4.98 Å². The zero-order valence-corrected chi connectivity index (χ0v) is 10.2. The van der Waals surface area contributed by atoms with Gasteiger partial charge in [0.1, 0.15) is 11.5 Å². The number of ether oxygens (including phenoxy) is 1. The Kier molecular flexibility index (Phi) is 3.61. The summed E-state index contributed by atoms with van der Waals surface area (Å²) in [6.07, 6.45) is 3.33. The molecule has 0 unspecified atom stereocenters. The van der Waals surface area contributed by atoms with Gasteiger partial charge in [-0.15, -0.1) is 0 Å². The van der Waals surface area contributed by atoms with E-state index in [1.54, 1.807) is 12.4 Å². The first-order valence-electron chi connectivity index (χ1n) is 5.27. The quantitative estimate of drug-likeness (QED) is 0.907. The summed E-state index contributed by atoms with van der Waals surface area (Å²) >= 11 is 6.06. The van der Waals surface area contributed by atoms with Crippen molar-refractivity contribution in [2.24, 2.45) is 5.73 Å². The topological polar surface area (TPSA) is 48.1 Å². The fraction of sp³-hybridized carbons (Fsp3) is 0.154. The molecule has 0 radical (unpaired) electrons. The Balaban J connectivity index is 2.34. The van der Waals surface area contributed by atoms with Gasteiger partial charge in [0.2, 0.25) is 0 Å². The average Bonchev–Trinajstić information content (AvgIpc) is 2.34. The van der Waals surface area contributed by atoms with Crippen molar-refractivity contribution in [2.75, 3.05) is 0 Å². The van der Waals surface area contributed by atoms with E-state index in [0.29, 0.717) is 23.1 Å². The second kappa shape index (κ2) is 5.17. The molecule has 1 aromatic heterocycles. The van der Waals surface area contributed by atoms with Crippen LogP contribution < -0.4 is 10.5 Å². The van der Waals surface area contributed by atoms with Gasteiger partial charge in [0.05, 0.1) is 11.2 Å². The van der Waals surface area contributed by atoms with E-state index in [1.807, 2.05) is 31.2 Å². The van der Waals surface area contributed by atoms with Crippen LogP contribution in [0, 0.1) is 6.92 Å². The largest absolute Gasteiger partial charge is 0.454 e. The number of aryl methyl sites for hydroxylation is 1. The number of hydrogen-bond donors (Lipinski definition) is 1. The monoisotopic (exact) mass is 248 g/mol. The smallest absolute Gasteiger partial charge is 0.150 e.